The lowest BCUT2D eigenvalue weighted by atomic mass is 10.1. The summed E-state index contributed by atoms with van der Waals surface area (Å²) in [5.41, 5.74) is 0.434. The Bertz CT molecular complexity index is 458. The number of benzene rings is 1. The van der Waals surface area contributed by atoms with Crippen molar-refractivity contribution in [1.29, 1.82) is 0 Å². The Hall–Kier alpha value is -1.46. The molecule has 1 aliphatic heterocycles. The highest BCUT2D eigenvalue weighted by molar-refractivity contribution is 5.87. The molecule has 1 fully saturated rings. The lowest BCUT2D eigenvalue weighted by Gasteiger charge is -2.20. The minimum Gasteiger partial charge on any atom is -0.478 e. The summed E-state index contributed by atoms with van der Waals surface area (Å²) in [6.45, 7) is 3.34. The predicted octanol–water partition coefficient (Wildman–Crippen LogP) is 2.18. The Labute approximate surface area is 111 Å². The number of nitrogens with one attached hydrogen (secondary N) is 1. The monoisotopic (exact) mass is 267 g/mol. The zero-order chi connectivity index (χ0) is 13.8. The summed E-state index contributed by atoms with van der Waals surface area (Å²) in [5.74, 6) is -1.94. The smallest absolute Gasteiger partial charge is 0.338 e. The third-order valence-corrected chi connectivity index (χ3v) is 3.41. The minimum absolute atomic E-state index is 0.199. The van der Waals surface area contributed by atoms with Gasteiger partial charge in [0.05, 0.1) is 11.7 Å². The van der Waals surface area contributed by atoms with Gasteiger partial charge in [0.25, 0.3) is 0 Å². The van der Waals surface area contributed by atoms with Gasteiger partial charge in [-0.15, -0.1) is 0 Å². The van der Waals surface area contributed by atoms with Crippen molar-refractivity contribution in [2.45, 2.75) is 38.5 Å². The molecule has 2 unspecified atom stereocenters. The second-order valence-electron chi connectivity index (χ2n) is 4.84. The number of carboxylic acids is 1. The third kappa shape index (κ3) is 3.52. The van der Waals surface area contributed by atoms with Crippen LogP contribution in [0.15, 0.2) is 18.2 Å². The summed E-state index contributed by atoms with van der Waals surface area (Å²) in [6, 6.07) is 4.39. The second-order valence-corrected chi connectivity index (χ2v) is 4.84. The summed E-state index contributed by atoms with van der Waals surface area (Å²) in [5, 5.41) is 12.0. The number of rotatable bonds is 5. The van der Waals surface area contributed by atoms with E-state index in [9.17, 15) is 9.18 Å². The van der Waals surface area contributed by atoms with E-state index in [-0.39, 0.29) is 17.7 Å². The molecule has 0 radical (unpaired) electrons. The van der Waals surface area contributed by atoms with Gasteiger partial charge in [-0.05, 0) is 37.5 Å². The van der Waals surface area contributed by atoms with Crippen LogP contribution in [0.5, 0.6) is 0 Å². The molecule has 2 N–H and O–H groups in total. The average molecular weight is 267 g/mol. The van der Waals surface area contributed by atoms with Crippen molar-refractivity contribution < 1.29 is 19.0 Å². The quantitative estimate of drug-likeness (QED) is 0.858. The summed E-state index contributed by atoms with van der Waals surface area (Å²) in [7, 11) is 0. The van der Waals surface area contributed by atoms with Gasteiger partial charge in [-0.2, -0.15) is 0 Å². The lowest BCUT2D eigenvalue weighted by Crippen LogP contribution is -2.36. The van der Waals surface area contributed by atoms with Crippen LogP contribution < -0.4 is 5.32 Å². The first-order chi connectivity index (χ1) is 9.08. The first-order valence-electron chi connectivity index (χ1n) is 6.44. The van der Waals surface area contributed by atoms with E-state index in [0.29, 0.717) is 6.54 Å². The van der Waals surface area contributed by atoms with Crippen molar-refractivity contribution in [2.24, 2.45) is 0 Å². The van der Waals surface area contributed by atoms with E-state index in [1.54, 1.807) is 6.07 Å². The lowest BCUT2D eigenvalue weighted by molar-refractivity contribution is 0.0692. The van der Waals surface area contributed by atoms with Crippen LogP contribution >= 0.6 is 0 Å². The molecule has 0 amide bonds. The molecule has 1 heterocycles. The number of aromatic carboxylic acids is 1. The first kappa shape index (κ1) is 14.0. The maximum atomic E-state index is 13.5. The van der Waals surface area contributed by atoms with E-state index < -0.39 is 11.8 Å². The van der Waals surface area contributed by atoms with Crippen molar-refractivity contribution in [3.63, 3.8) is 0 Å². The van der Waals surface area contributed by atoms with Gasteiger partial charge in [0.2, 0.25) is 0 Å². The summed E-state index contributed by atoms with van der Waals surface area (Å²) in [6.07, 6.45) is 2.34. The van der Waals surface area contributed by atoms with E-state index in [1.807, 2.05) is 6.92 Å². The maximum absolute atomic E-state index is 13.5. The SMILES string of the molecule is CC(NCc1ccc(C(=O)O)c(F)c1)C1CCCO1. The van der Waals surface area contributed by atoms with Gasteiger partial charge in [0, 0.05) is 19.2 Å². The molecule has 1 aromatic carbocycles. The highest BCUT2D eigenvalue weighted by atomic mass is 19.1. The van der Waals surface area contributed by atoms with Crippen molar-refractivity contribution in [1.82, 2.24) is 5.32 Å². The van der Waals surface area contributed by atoms with Gasteiger partial charge in [0.15, 0.2) is 0 Å². The van der Waals surface area contributed by atoms with E-state index in [1.165, 1.54) is 12.1 Å². The molecule has 0 aromatic heterocycles. The number of hydrogen-bond acceptors (Lipinski definition) is 3. The Morgan fingerprint density at radius 1 is 1.63 bits per heavy atom. The normalized spacial score (nSPS) is 20.4. The van der Waals surface area contributed by atoms with Crippen LogP contribution in [0.25, 0.3) is 0 Å². The molecule has 0 aliphatic carbocycles. The highest BCUT2D eigenvalue weighted by Crippen LogP contribution is 2.16. The molecule has 2 atom stereocenters. The van der Waals surface area contributed by atoms with Gasteiger partial charge in [-0.3, -0.25) is 0 Å². The molecule has 1 saturated heterocycles. The molecule has 0 bridgehead atoms. The van der Waals surface area contributed by atoms with Gasteiger partial charge in [-0.25, -0.2) is 9.18 Å². The van der Waals surface area contributed by atoms with Crippen LogP contribution in [0.1, 0.15) is 35.7 Å². The number of hydrogen-bond donors (Lipinski definition) is 2. The topological polar surface area (TPSA) is 58.6 Å². The van der Waals surface area contributed by atoms with Crippen LogP contribution in [-0.4, -0.2) is 29.8 Å². The van der Waals surface area contributed by atoms with Gasteiger partial charge >= 0.3 is 5.97 Å². The number of ether oxygens (including phenoxy) is 1. The van der Waals surface area contributed by atoms with Crippen LogP contribution in [0.2, 0.25) is 0 Å². The summed E-state index contributed by atoms with van der Waals surface area (Å²) < 4.78 is 19.1. The molecule has 2 rings (SSSR count). The minimum atomic E-state index is -1.25. The van der Waals surface area contributed by atoms with Crippen molar-refractivity contribution in [2.75, 3.05) is 6.61 Å². The van der Waals surface area contributed by atoms with E-state index in [0.717, 1.165) is 25.0 Å². The van der Waals surface area contributed by atoms with Gasteiger partial charge in [0.1, 0.15) is 5.82 Å². The highest BCUT2D eigenvalue weighted by Gasteiger charge is 2.21. The molecular formula is C14H18FNO3. The van der Waals surface area contributed by atoms with Crippen molar-refractivity contribution >= 4 is 5.97 Å². The predicted molar refractivity (Wildman–Crippen MR) is 68.6 cm³/mol. The Morgan fingerprint density at radius 3 is 3.00 bits per heavy atom. The molecule has 0 spiro atoms. The van der Waals surface area contributed by atoms with E-state index >= 15 is 0 Å². The van der Waals surface area contributed by atoms with Crippen molar-refractivity contribution in [3.05, 3.63) is 35.1 Å². The van der Waals surface area contributed by atoms with Gasteiger partial charge in [-0.1, -0.05) is 6.07 Å². The average Bonchev–Trinajstić information content (AvgIpc) is 2.89. The number of carboxylic acid groups (broad SMARTS) is 1. The first-order valence-corrected chi connectivity index (χ1v) is 6.44. The third-order valence-electron chi connectivity index (χ3n) is 3.41. The summed E-state index contributed by atoms with van der Waals surface area (Å²) in [4.78, 5) is 10.7. The molecule has 104 valence electrons. The number of halogens is 1. The molecule has 19 heavy (non-hydrogen) atoms. The van der Waals surface area contributed by atoms with Crippen LogP contribution in [-0.2, 0) is 11.3 Å². The van der Waals surface area contributed by atoms with Gasteiger partial charge < -0.3 is 15.2 Å². The van der Waals surface area contributed by atoms with Crippen LogP contribution in [0, 0.1) is 5.82 Å². The summed E-state index contributed by atoms with van der Waals surface area (Å²) >= 11 is 0. The fraction of sp³-hybridized carbons (Fsp3) is 0.500. The van der Waals surface area contributed by atoms with E-state index in [2.05, 4.69) is 5.32 Å². The molecule has 4 nitrogen and oxygen atoms in total. The molecule has 1 aromatic rings. The molecule has 1 aliphatic rings. The molecular weight excluding hydrogens is 249 g/mol. The Morgan fingerprint density at radius 2 is 2.42 bits per heavy atom. The van der Waals surface area contributed by atoms with Crippen LogP contribution in [0.4, 0.5) is 4.39 Å². The second kappa shape index (κ2) is 6.12. The fourth-order valence-corrected chi connectivity index (χ4v) is 2.25. The molecule has 0 saturated carbocycles. The Kier molecular flexibility index (Phi) is 4.50. The molecule has 5 heteroatoms. The van der Waals surface area contributed by atoms with Crippen molar-refractivity contribution in [3.8, 4) is 0 Å². The van der Waals surface area contributed by atoms with Crippen LogP contribution in [0.3, 0.4) is 0 Å². The zero-order valence-corrected chi connectivity index (χ0v) is 10.9. The van der Waals surface area contributed by atoms with E-state index in [4.69, 9.17) is 9.84 Å². The zero-order valence-electron chi connectivity index (χ0n) is 10.9. The maximum Gasteiger partial charge on any atom is 0.338 e. The Balaban J connectivity index is 1.92. The number of carbonyl (C=O) groups is 1. The largest absolute Gasteiger partial charge is 0.478 e. The fourth-order valence-electron chi connectivity index (χ4n) is 2.25. The standard InChI is InChI=1S/C14H18FNO3/c1-9(13-3-2-6-19-13)16-8-10-4-5-11(14(17)18)12(15)7-10/h4-5,7,9,13,16H,2-3,6,8H2,1H3,(H,17,18).